The van der Waals surface area contributed by atoms with E-state index in [1.807, 2.05) is 0 Å². The standard InChI is InChI=1S/C15H15Cl2N3O4/c1-7(2)8-3-12(20-18-6-8)24-13-10(16)4-9(5-11(13)17)19-14(21)15(22)23/h3-5,7,18H,6H2,1-2H3,(H,19,21)(H,22,23). The van der Waals surface area contributed by atoms with Crippen LogP contribution in [-0.4, -0.2) is 29.4 Å². The largest absolute Gasteiger partial charge is 0.474 e. The molecule has 3 N–H and O–H groups in total. The van der Waals surface area contributed by atoms with Crippen LogP contribution in [0.15, 0.2) is 28.9 Å². The van der Waals surface area contributed by atoms with E-state index in [1.165, 1.54) is 12.1 Å². The molecule has 2 rings (SSSR count). The molecule has 7 nitrogen and oxygen atoms in total. The monoisotopic (exact) mass is 371 g/mol. The van der Waals surface area contributed by atoms with Gasteiger partial charge in [-0.05, 0) is 23.6 Å². The zero-order valence-electron chi connectivity index (χ0n) is 12.9. The Morgan fingerprint density at radius 3 is 2.50 bits per heavy atom. The molecule has 0 saturated carbocycles. The molecule has 0 atom stereocenters. The number of carboxylic acids is 1. The third-order valence-electron chi connectivity index (χ3n) is 3.18. The second kappa shape index (κ2) is 7.55. The van der Waals surface area contributed by atoms with E-state index in [9.17, 15) is 9.59 Å². The summed E-state index contributed by atoms with van der Waals surface area (Å²) in [6.07, 6.45) is 1.80. The molecule has 128 valence electrons. The van der Waals surface area contributed by atoms with Gasteiger partial charge in [0.15, 0.2) is 5.75 Å². The quantitative estimate of drug-likeness (QED) is 0.709. The van der Waals surface area contributed by atoms with E-state index in [0.717, 1.165) is 5.57 Å². The Bertz CT molecular complexity index is 721. The lowest BCUT2D eigenvalue weighted by Crippen LogP contribution is -2.24. The van der Waals surface area contributed by atoms with E-state index >= 15 is 0 Å². The van der Waals surface area contributed by atoms with E-state index in [1.54, 1.807) is 6.08 Å². The molecule has 1 amide bonds. The molecule has 1 aromatic rings. The summed E-state index contributed by atoms with van der Waals surface area (Å²) < 4.78 is 5.62. The van der Waals surface area contributed by atoms with Crippen LogP contribution in [0.2, 0.25) is 10.0 Å². The van der Waals surface area contributed by atoms with Gasteiger partial charge < -0.3 is 20.6 Å². The van der Waals surface area contributed by atoms with Crippen molar-refractivity contribution in [2.45, 2.75) is 13.8 Å². The maximum Gasteiger partial charge on any atom is 0.394 e. The van der Waals surface area contributed by atoms with Crippen molar-refractivity contribution in [3.05, 3.63) is 33.8 Å². The smallest absolute Gasteiger partial charge is 0.394 e. The highest BCUT2D eigenvalue weighted by Crippen LogP contribution is 2.36. The number of amides is 1. The number of nitrogens with one attached hydrogen (secondary N) is 2. The topological polar surface area (TPSA) is 100 Å². The van der Waals surface area contributed by atoms with Gasteiger partial charge in [-0.1, -0.05) is 37.0 Å². The summed E-state index contributed by atoms with van der Waals surface area (Å²) in [6, 6.07) is 2.68. The molecule has 0 saturated heterocycles. The number of carbonyl (C=O) groups is 2. The third-order valence-corrected chi connectivity index (χ3v) is 3.74. The lowest BCUT2D eigenvalue weighted by molar-refractivity contribution is -0.147. The fourth-order valence-corrected chi connectivity index (χ4v) is 2.46. The predicted octanol–water partition coefficient (Wildman–Crippen LogP) is 2.89. The Kier molecular flexibility index (Phi) is 5.69. The second-order valence-corrected chi connectivity index (χ2v) is 6.10. The lowest BCUT2D eigenvalue weighted by Gasteiger charge is -2.18. The molecule has 0 bridgehead atoms. The Morgan fingerprint density at radius 1 is 1.33 bits per heavy atom. The van der Waals surface area contributed by atoms with Crippen molar-refractivity contribution in [2.24, 2.45) is 11.0 Å². The molecule has 0 aliphatic carbocycles. The first-order chi connectivity index (χ1) is 11.3. The number of halogens is 2. The first kappa shape index (κ1) is 18.1. The van der Waals surface area contributed by atoms with Crippen molar-refractivity contribution >= 4 is 46.7 Å². The Morgan fingerprint density at radius 2 is 1.96 bits per heavy atom. The minimum absolute atomic E-state index is 0.107. The maximum atomic E-state index is 11.2. The van der Waals surface area contributed by atoms with Gasteiger partial charge in [-0.25, -0.2) is 4.79 Å². The van der Waals surface area contributed by atoms with Gasteiger partial charge in [-0.2, -0.15) is 0 Å². The highest BCUT2D eigenvalue weighted by Gasteiger charge is 2.18. The Labute approximate surface area is 148 Å². The van der Waals surface area contributed by atoms with Crippen LogP contribution in [0, 0.1) is 5.92 Å². The summed E-state index contributed by atoms with van der Waals surface area (Å²) in [6.45, 7) is 4.73. The van der Waals surface area contributed by atoms with Gasteiger partial charge in [0.05, 0.1) is 16.6 Å². The van der Waals surface area contributed by atoms with E-state index in [2.05, 4.69) is 29.7 Å². The van der Waals surface area contributed by atoms with Crippen molar-refractivity contribution in [3.63, 3.8) is 0 Å². The van der Waals surface area contributed by atoms with E-state index in [-0.39, 0.29) is 21.5 Å². The van der Waals surface area contributed by atoms with Crippen LogP contribution in [0.25, 0.3) is 0 Å². The van der Waals surface area contributed by atoms with Crippen molar-refractivity contribution in [2.75, 3.05) is 11.9 Å². The second-order valence-electron chi connectivity index (χ2n) is 5.29. The number of carbonyl (C=O) groups excluding carboxylic acids is 1. The van der Waals surface area contributed by atoms with Crippen molar-refractivity contribution in [1.82, 2.24) is 5.43 Å². The average molecular weight is 372 g/mol. The van der Waals surface area contributed by atoms with Crippen LogP contribution in [0.3, 0.4) is 0 Å². The lowest BCUT2D eigenvalue weighted by atomic mass is 10.0. The Balaban J connectivity index is 2.22. The van der Waals surface area contributed by atoms with Crippen LogP contribution >= 0.6 is 23.2 Å². The summed E-state index contributed by atoms with van der Waals surface area (Å²) in [5.74, 6) is -2.02. The van der Waals surface area contributed by atoms with Gasteiger partial charge in [0.2, 0.25) is 5.90 Å². The third kappa shape index (κ3) is 4.39. The number of hydrazone groups is 1. The van der Waals surface area contributed by atoms with E-state index in [4.69, 9.17) is 33.0 Å². The van der Waals surface area contributed by atoms with Crippen molar-refractivity contribution in [1.29, 1.82) is 0 Å². The number of aliphatic carboxylic acids is 1. The normalized spacial score (nSPS) is 13.7. The molecule has 24 heavy (non-hydrogen) atoms. The first-order valence-corrected chi connectivity index (χ1v) is 7.75. The van der Waals surface area contributed by atoms with Gasteiger partial charge in [-0.3, -0.25) is 4.79 Å². The first-order valence-electron chi connectivity index (χ1n) is 7.00. The molecule has 1 aromatic carbocycles. The molecule has 0 radical (unpaired) electrons. The number of benzene rings is 1. The van der Waals surface area contributed by atoms with E-state index in [0.29, 0.717) is 18.4 Å². The van der Waals surface area contributed by atoms with Crippen molar-refractivity contribution in [3.8, 4) is 5.75 Å². The summed E-state index contributed by atoms with van der Waals surface area (Å²) in [5.41, 5.74) is 4.12. The van der Waals surface area contributed by atoms with E-state index < -0.39 is 11.9 Å². The minimum Gasteiger partial charge on any atom is -0.474 e. The van der Waals surface area contributed by atoms with Crippen LogP contribution < -0.4 is 15.5 Å². The van der Waals surface area contributed by atoms with Crippen LogP contribution in [0.4, 0.5) is 5.69 Å². The predicted molar refractivity (Wildman–Crippen MR) is 91.7 cm³/mol. The van der Waals surface area contributed by atoms with Crippen molar-refractivity contribution < 1.29 is 19.4 Å². The number of hydrogen-bond acceptors (Lipinski definition) is 5. The summed E-state index contributed by atoms with van der Waals surface area (Å²) in [7, 11) is 0. The summed E-state index contributed by atoms with van der Waals surface area (Å²) in [5, 5.41) is 15.0. The molecule has 0 aromatic heterocycles. The van der Waals surface area contributed by atoms with Gasteiger partial charge >= 0.3 is 11.9 Å². The van der Waals surface area contributed by atoms with Gasteiger partial charge in [-0.15, -0.1) is 5.10 Å². The molecular formula is C15H15Cl2N3O4. The molecule has 0 fully saturated rings. The fraction of sp³-hybridized carbons (Fsp3) is 0.267. The Hall–Kier alpha value is -2.25. The average Bonchev–Trinajstić information content (AvgIpc) is 2.51. The molecule has 0 unspecified atom stereocenters. The number of carboxylic acid groups (broad SMARTS) is 1. The number of anilines is 1. The number of hydrogen-bond donors (Lipinski definition) is 3. The number of nitrogens with zero attached hydrogens (tertiary/aromatic N) is 1. The van der Waals surface area contributed by atoms with Crippen LogP contribution in [0.1, 0.15) is 13.8 Å². The maximum absolute atomic E-state index is 11.2. The fourth-order valence-electron chi connectivity index (χ4n) is 1.89. The zero-order chi connectivity index (χ0) is 17.9. The zero-order valence-corrected chi connectivity index (χ0v) is 14.4. The molecule has 1 aliphatic rings. The molecule has 1 heterocycles. The summed E-state index contributed by atoms with van der Waals surface area (Å²) in [4.78, 5) is 21.7. The van der Waals surface area contributed by atoms with Crippen LogP contribution in [-0.2, 0) is 9.59 Å². The SMILES string of the molecule is CC(C)C1=CC(Oc2c(Cl)cc(NC(=O)C(=O)O)cc2Cl)=NNC1. The molecule has 9 heteroatoms. The van der Waals surface area contributed by atoms with Crippen LogP contribution in [0.5, 0.6) is 5.75 Å². The molecule has 1 aliphatic heterocycles. The number of ether oxygens (including phenoxy) is 1. The van der Waals surface area contributed by atoms with Gasteiger partial charge in [0, 0.05) is 11.8 Å². The number of rotatable bonds is 3. The summed E-state index contributed by atoms with van der Waals surface area (Å²) >= 11 is 12.2. The molecule has 0 spiro atoms. The highest BCUT2D eigenvalue weighted by atomic mass is 35.5. The highest BCUT2D eigenvalue weighted by molar-refractivity contribution is 6.39. The van der Waals surface area contributed by atoms with Gasteiger partial charge in [0.25, 0.3) is 0 Å². The van der Waals surface area contributed by atoms with Gasteiger partial charge in [0.1, 0.15) is 0 Å². The minimum atomic E-state index is -1.61. The molecular weight excluding hydrogens is 357 g/mol.